The number of anilines is 1. The maximum Gasteiger partial charge on any atom is 0.416 e. The Morgan fingerprint density at radius 3 is 2.39 bits per heavy atom. The molecule has 0 aliphatic rings. The molecule has 0 bridgehead atoms. The smallest absolute Gasteiger partial charge is 0.416 e. The number of nitrogen functional groups attached to an aromatic ring is 1. The zero-order valence-corrected chi connectivity index (χ0v) is 9.89. The third-order valence-corrected chi connectivity index (χ3v) is 2.80. The van der Waals surface area contributed by atoms with Crippen molar-refractivity contribution < 1.29 is 17.9 Å². The van der Waals surface area contributed by atoms with Gasteiger partial charge < -0.3 is 10.5 Å². The minimum absolute atomic E-state index is 0.180. The summed E-state index contributed by atoms with van der Waals surface area (Å²) >= 11 is 1.14. The molecule has 1 aromatic heterocycles. The Morgan fingerprint density at radius 1 is 1.22 bits per heavy atom. The van der Waals surface area contributed by atoms with Crippen molar-refractivity contribution in [2.45, 2.75) is 12.8 Å². The summed E-state index contributed by atoms with van der Waals surface area (Å²) in [4.78, 5) is 0. The molecule has 0 aliphatic heterocycles. The molecular formula is C11H9F3N2OS. The first-order valence-corrected chi connectivity index (χ1v) is 5.73. The number of nitrogens with two attached hydrogens (primary N) is 1. The third kappa shape index (κ3) is 3.13. The van der Waals surface area contributed by atoms with E-state index in [9.17, 15) is 13.2 Å². The fraction of sp³-hybridized carbons (Fsp3) is 0.182. The highest BCUT2D eigenvalue weighted by Gasteiger charge is 2.29. The van der Waals surface area contributed by atoms with Gasteiger partial charge in [0.1, 0.15) is 17.4 Å². The van der Waals surface area contributed by atoms with Gasteiger partial charge in [0.15, 0.2) is 0 Å². The van der Waals surface area contributed by atoms with Gasteiger partial charge in [-0.25, -0.2) is 0 Å². The second-order valence-corrected chi connectivity index (χ2v) is 4.37. The lowest BCUT2D eigenvalue weighted by atomic mass is 10.2. The van der Waals surface area contributed by atoms with Crippen molar-refractivity contribution >= 4 is 16.5 Å². The number of ether oxygens (including phenoxy) is 1. The molecule has 0 saturated heterocycles. The van der Waals surface area contributed by atoms with Gasteiger partial charge in [0.05, 0.1) is 11.3 Å². The second kappa shape index (κ2) is 4.85. The molecule has 0 amide bonds. The average molecular weight is 274 g/mol. The summed E-state index contributed by atoms with van der Waals surface area (Å²) in [5, 5.41) is 0.570. The van der Waals surface area contributed by atoms with E-state index in [1.807, 2.05) is 0 Å². The molecule has 0 saturated carbocycles. The lowest BCUT2D eigenvalue weighted by molar-refractivity contribution is -0.137. The van der Waals surface area contributed by atoms with Crippen molar-refractivity contribution in [3.8, 4) is 5.75 Å². The highest BCUT2D eigenvalue weighted by atomic mass is 32.1. The molecule has 96 valence electrons. The molecule has 2 N–H and O–H groups in total. The van der Waals surface area contributed by atoms with E-state index < -0.39 is 11.7 Å². The summed E-state index contributed by atoms with van der Waals surface area (Å²) < 4.78 is 46.2. The van der Waals surface area contributed by atoms with Gasteiger partial charge in [0.25, 0.3) is 0 Å². The van der Waals surface area contributed by atoms with Crippen molar-refractivity contribution in [2.24, 2.45) is 0 Å². The van der Waals surface area contributed by atoms with E-state index in [1.54, 1.807) is 6.07 Å². The molecule has 3 nitrogen and oxygen atoms in total. The van der Waals surface area contributed by atoms with E-state index in [1.165, 1.54) is 12.1 Å². The van der Waals surface area contributed by atoms with Crippen LogP contribution in [0.5, 0.6) is 5.75 Å². The Labute approximate surface area is 105 Å². The monoisotopic (exact) mass is 274 g/mol. The number of alkyl halides is 3. The van der Waals surface area contributed by atoms with Crippen LogP contribution in [0.4, 0.5) is 18.2 Å². The van der Waals surface area contributed by atoms with Crippen LogP contribution in [0.1, 0.15) is 11.3 Å². The number of halogens is 3. The quantitative estimate of drug-likeness (QED) is 0.934. The van der Waals surface area contributed by atoms with E-state index in [2.05, 4.69) is 4.37 Å². The summed E-state index contributed by atoms with van der Waals surface area (Å²) in [5.74, 6) is 0.356. The largest absolute Gasteiger partial charge is 0.487 e. The van der Waals surface area contributed by atoms with Gasteiger partial charge >= 0.3 is 6.18 Å². The Hall–Kier alpha value is -1.76. The molecule has 0 fully saturated rings. The number of hydrogen-bond acceptors (Lipinski definition) is 4. The van der Waals surface area contributed by atoms with Gasteiger partial charge in [0, 0.05) is 0 Å². The van der Waals surface area contributed by atoms with Crippen LogP contribution in [0, 0.1) is 0 Å². The van der Waals surface area contributed by atoms with Gasteiger partial charge in [0.2, 0.25) is 0 Å². The number of benzene rings is 1. The maximum absolute atomic E-state index is 12.3. The van der Waals surface area contributed by atoms with Crippen molar-refractivity contribution in [3.05, 3.63) is 41.6 Å². The number of rotatable bonds is 3. The summed E-state index contributed by atoms with van der Waals surface area (Å²) in [5.41, 5.74) is 5.44. The van der Waals surface area contributed by atoms with Gasteiger partial charge in [-0.2, -0.15) is 17.5 Å². The van der Waals surface area contributed by atoms with Crippen molar-refractivity contribution in [3.63, 3.8) is 0 Å². The molecule has 7 heteroatoms. The van der Waals surface area contributed by atoms with Crippen molar-refractivity contribution in [1.82, 2.24) is 4.37 Å². The predicted molar refractivity (Wildman–Crippen MR) is 62.3 cm³/mol. The predicted octanol–water partition coefficient (Wildman–Crippen LogP) is 3.32. The summed E-state index contributed by atoms with van der Waals surface area (Å²) in [6, 6.07) is 6.17. The Morgan fingerprint density at radius 2 is 1.89 bits per heavy atom. The first-order valence-electron chi connectivity index (χ1n) is 4.96. The average Bonchev–Trinajstić information content (AvgIpc) is 2.72. The third-order valence-electron chi connectivity index (χ3n) is 2.15. The van der Waals surface area contributed by atoms with Crippen LogP contribution in [0.3, 0.4) is 0 Å². The minimum Gasteiger partial charge on any atom is -0.487 e. The van der Waals surface area contributed by atoms with Crippen molar-refractivity contribution in [2.75, 3.05) is 5.73 Å². The van der Waals surface area contributed by atoms with E-state index in [0.29, 0.717) is 16.4 Å². The maximum atomic E-state index is 12.3. The Kier molecular flexibility index (Phi) is 3.42. The molecule has 2 aromatic rings. The molecule has 1 aromatic carbocycles. The van der Waals surface area contributed by atoms with Gasteiger partial charge in [-0.15, -0.1) is 0 Å². The van der Waals surface area contributed by atoms with Crippen LogP contribution in [0.15, 0.2) is 30.3 Å². The number of nitrogens with zero attached hydrogens (tertiary/aromatic N) is 1. The lowest BCUT2D eigenvalue weighted by Crippen LogP contribution is -2.04. The standard InChI is InChI=1S/C11H9F3N2OS/c12-11(13,14)7-1-3-9(4-2-7)17-6-8-5-10(15)18-16-8/h1-5H,6,15H2. The topological polar surface area (TPSA) is 48.1 Å². The summed E-state index contributed by atoms with van der Waals surface area (Å²) in [6.07, 6.45) is -4.33. The molecule has 0 aliphatic carbocycles. The molecule has 0 spiro atoms. The van der Waals surface area contributed by atoms with Crippen LogP contribution < -0.4 is 10.5 Å². The molecule has 18 heavy (non-hydrogen) atoms. The van der Waals surface area contributed by atoms with E-state index in [4.69, 9.17) is 10.5 Å². The van der Waals surface area contributed by atoms with Crippen LogP contribution in [0.2, 0.25) is 0 Å². The SMILES string of the molecule is Nc1cc(COc2ccc(C(F)(F)F)cc2)ns1. The van der Waals surface area contributed by atoms with Gasteiger partial charge in [-0.05, 0) is 41.9 Å². The van der Waals surface area contributed by atoms with E-state index in [0.717, 1.165) is 23.7 Å². The van der Waals surface area contributed by atoms with Gasteiger partial charge in [-0.3, -0.25) is 0 Å². The summed E-state index contributed by atoms with van der Waals surface area (Å²) in [7, 11) is 0. The van der Waals surface area contributed by atoms with Crippen LogP contribution in [0.25, 0.3) is 0 Å². The first-order chi connectivity index (χ1) is 8.45. The minimum atomic E-state index is -4.33. The number of aromatic nitrogens is 1. The fourth-order valence-corrected chi connectivity index (χ4v) is 1.81. The van der Waals surface area contributed by atoms with Gasteiger partial charge in [-0.1, -0.05) is 0 Å². The molecule has 1 heterocycles. The molecule has 0 radical (unpaired) electrons. The Bertz CT molecular complexity index is 522. The highest BCUT2D eigenvalue weighted by molar-refractivity contribution is 7.10. The molecule has 2 rings (SSSR count). The zero-order chi connectivity index (χ0) is 13.2. The summed E-state index contributed by atoms with van der Waals surface area (Å²) in [6.45, 7) is 0.180. The fourth-order valence-electron chi connectivity index (χ4n) is 1.29. The van der Waals surface area contributed by atoms with Crippen LogP contribution in [-0.4, -0.2) is 4.37 Å². The first kappa shape index (κ1) is 12.7. The van der Waals surface area contributed by atoms with Crippen LogP contribution >= 0.6 is 11.5 Å². The zero-order valence-electron chi connectivity index (χ0n) is 9.07. The molecule has 0 atom stereocenters. The molecule has 0 unspecified atom stereocenters. The highest BCUT2D eigenvalue weighted by Crippen LogP contribution is 2.30. The lowest BCUT2D eigenvalue weighted by Gasteiger charge is -2.08. The second-order valence-electron chi connectivity index (χ2n) is 3.53. The van der Waals surface area contributed by atoms with Crippen molar-refractivity contribution in [1.29, 1.82) is 0 Å². The normalized spacial score (nSPS) is 11.5. The van der Waals surface area contributed by atoms with E-state index >= 15 is 0 Å². The molecular weight excluding hydrogens is 265 g/mol. The van der Waals surface area contributed by atoms with E-state index in [-0.39, 0.29) is 6.61 Å². The Balaban J connectivity index is 1.98. The van der Waals surface area contributed by atoms with Crippen LogP contribution in [-0.2, 0) is 12.8 Å². The number of hydrogen-bond donors (Lipinski definition) is 1.